The van der Waals surface area contributed by atoms with Gasteiger partial charge < -0.3 is 4.74 Å². The summed E-state index contributed by atoms with van der Waals surface area (Å²) in [5, 5.41) is 0. The molecule has 198 valence electrons. The number of carbonyl (C=O) groups excluding carboxylic acids is 1. The highest BCUT2D eigenvalue weighted by Gasteiger charge is 2.28. The van der Waals surface area contributed by atoms with Crippen LogP contribution in [0.2, 0.25) is 0 Å². The molecule has 0 N–H and O–H groups in total. The van der Waals surface area contributed by atoms with E-state index in [1.807, 2.05) is 12.4 Å². The van der Waals surface area contributed by atoms with Crippen molar-refractivity contribution in [3.63, 3.8) is 0 Å². The third-order valence-corrected chi connectivity index (χ3v) is 7.55. The highest BCUT2D eigenvalue weighted by atomic mass is 19.1. The number of halogens is 1. The Bertz CT molecular complexity index is 907. The Hall–Kier alpha value is -2.30. The molecule has 0 unspecified atom stereocenters. The number of hydrogen-bond acceptors (Lipinski definition) is 4. The van der Waals surface area contributed by atoms with Crippen molar-refractivity contribution in [2.45, 2.75) is 117 Å². The van der Waals surface area contributed by atoms with Crippen LogP contribution in [-0.4, -0.2) is 15.9 Å². The van der Waals surface area contributed by atoms with Gasteiger partial charge in [-0.2, -0.15) is 0 Å². The van der Waals surface area contributed by atoms with Gasteiger partial charge in [-0.3, -0.25) is 4.79 Å². The molecule has 3 rings (SSSR count). The van der Waals surface area contributed by atoms with Crippen molar-refractivity contribution in [1.29, 1.82) is 0 Å². The first-order valence-corrected chi connectivity index (χ1v) is 14.4. The Kier molecular flexibility index (Phi) is 12.4. The quantitative estimate of drug-likeness (QED) is 0.140. The minimum atomic E-state index is -0.553. The summed E-state index contributed by atoms with van der Waals surface area (Å²) < 4.78 is 20.2. The van der Waals surface area contributed by atoms with E-state index in [1.165, 1.54) is 76.3 Å². The fourth-order valence-corrected chi connectivity index (χ4v) is 5.28. The molecular weight excluding hydrogens is 451 g/mol. The molecule has 0 amide bonds. The predicted octanol–water partition coefficient (Wildman–Crippen LogP) is 8.87. The minimum Gasteiger partial charge on any atom is -0.423 e. The van der Waals surface area contributed by atoms with E-state index in [2.05, 4.69) is 23.8 Å². The lowest BCUT2D eigenvalue weighted by atomic mass is 9.80. The Morgan fingerprint density at radius 2 is 1.53 bits per heavy atom. The van der Waals surface area contributed by atoms with Crippen molar-refractivity contribution in [3.05, 3.63) is 42.0 Å². The largest absolute Gasteiger partial charge is 0.423 e. The Morgan fingerprint density at radius 3 is 2.14 bits per heavy atom. The molecule has 0 spiro atoms. The molecule has 1 aromatic heterocycles. The molecule has 0 aliphatic heterocycles. The maximum atomic E-state index is 14.7. The number of hydrogen-bond donors (Lipinski definition) is 0. The predicted molar refractivity (Wildman–Crippen MR) is 144 cm³/mol. The summed E-state index contributed by atoms with van der Waals surface area (Å²) in [7, 11) is 0. The van der Waals surface area contributed by atoms with Gasteiger partial charge in [0, 0.05) is 18.0 Å². The van der Waals surface area contributed by atoms with Crippen LogP contribution in [0, 0.1) is 17.7 Å². The highest BCUT2D eigenvalue weighted by molar-refractivity contribution is 5.75. The Labute approximate surface area is 217 Å². The van der Waals surface area contributed by atoms with Crippen LogP contribution in [-0.2, 0) is 11.2 Å². The van der Waals surface area contributed by atoms with E-state index in [0.29, 0.717) is 17.3 Å². The van der Waals surface area contributed by atoms with Gasteiger partial charge in [0.2, 0.25) is 0 Å². The molecule has 0 radical (unpaired) electrons. The normalized spacial score (nSPS) is 17.8. The van der Waals surface area contributed by atoms with Crippen LogP contribution in [0.25, 0.3) is 11.4 Å². The number of esters is 1. The third-order valence-electron chi connectivity index (χ3n) is 7.55. The molecule has 0 atom stereocenters. The maximum absolute atomic E-state index is 14.7. The number of aryl methyl sites for hydroxylation is 1. The fraction of sp³-hybridized carbons (Fsp3) is 0.645. The smallest absolute Gasteiger partial charge is 0.314 e. The summed E-state index contributed by atoms with van der Waals surface area (Å²) in [6, 6.07) is 4.60. The van der Waals surface area contributed by atoms with E-state index < -0.39 is 5.82 Å². The van der Waals surface area contributed by atoms with Crippen molar-refractivity contribution in [2.75, 3.05) is 0 Å². The van der Waals surface area contributed by atoms with Crippen LogP contribution in [0.4, 0.5) is 4.39 Å². The lowest BCUT2D eigenvalue weighted by molar-refractivity contribution is -0.140. The van der Waals surface area contributed by atoms with Crippen LogP contribution in [0.3, 0.4) is 0 Å². The third kappa shape index (κ3) is 9.29. The van der Waals surface area contributed by atoms with Crippen molar-refractivity contribution < 1.29 is 13.9 Å². The van der Waals surface area contributed by atoms with Crippen molar-refractivity contribution in [2.24, 2.45) is 11.8 Å². The number of nitrogens with zero attached hydrogens (tertiary/aromatic N) is 2. The monoisotopic (exact) mass is 496 g/mol. The zero-order valence-corrected chi connectivity index (χ0v) is 22.4. The molecule has 1 heterocycles. The fourth-order valence-electron chi connectivity index (χ4n) is 5.28. The zero-order valence-electron chi connectivity index (χ0n) is 22.4. The van der Waals surface area contributed by atoms with Gasteiger partial charge in [0.1, 0.15) is 0 Å². The summed E-state index contributed by atoms with van der Waals surface area (Å²) in [6.07, 6.45) is 22.6. The molecule has 0 saturated heterocycles. The summed E-state index contributed by atoms with van der Waals surface area (Å²) in [4.78, 5) is 21.5. The molecule has 2 aromatic rings. The van der Waals surface area contributed by atoms with Gasteiger partial charge in [-0.25, -0.2) is 14.4 Å². The second kappa shape index (κ2) is 15.7. The average Bonchev–Trinajstić information content (AvgIpc) is 2.90. The topological polar surface area (TPSA) is 52.1 Å². The number of unbranched alkanes of at least 4 members (excludes halogenated alkanes) is 8. The highest BCUT2D eigenvalue weighted by Crippen LogP contribution is 2.33. The summed E-state index contributed by atoms with van der Waals surface area (Å²) >= 11 is 0. The van der Waals surface area contributed by atoms with Gasteiger partial charge in [0.05, 0.1) is 5.92 Å². The first kappa shape index (κ1) is 28.3. The molecule has 1 fully saturated rings. The molecule has 1 aliphatic carbocycles. The molecule has 4 nitrogen and oxygen atoms in total. The second-order valence-electron chi connectivity index (χ2n) is 10.6. The number of rotatable bonds is 15. The molecule has 0 bridgehead atoms. The van der Waals surface area contributed by atoms with Crippen LogP contribution in [0.5, 0.6) is 5.75 Å². The van der Waals surface area contributed by atoms with E-state index in [0.717, 1.165) is 44.1 Å². The van der Waals surface area contributed by atoms with Crippen molar-refractivity contribution in [1.82, 2.24) is 9.97 Å². The molecule has 5 heteroatoms. The van der Waals surface area contributed by atoms with Gasteiger partial charge >= 0.3 is 5.97 Å². The van der Waals surface area contributed by atoms with E-state index in [-0.39, 0.29) is 17.6 Å². The first-order valence-electron chi connectivity index (χ1n) is 14.4. The van der Waals surface area contributed by atoms with Crippen LogP contribution in [0.1, 0.15) is 116 Å². The van der Waals surface area contributed by atoms with Crippen molar-refractivity contribution >= 4 is 5.97 Å². The Balaban J connectivity index is 1.41. The van der Waals surface area contributed by atoms with Crippen LogP contribution in [0.15, 0.2) is 30.6 Å². The SMILES string of the molecule is CCCCCCCCCCCc1cnc(-c2ccc(OC(=O)C3CCC(CCC)CC3)c(F)c2)nc1. The number of carbonyl (C=O) groups is 1. The standard InChI is InChI=1S/C31H45FN2O2/c1-3-5-6-7-8-9-10-11-12-14-25-22-33-30(34-23-25)27-19-20-29(28(32)21-27)36-31(35)26-17-15-24(13-4-2)16-18-26/h19-24,26H,3-18H2,1-2H3. The molecule has 1 aliphatic rings. The maximum Gasteiger partial charge on any atom is 0.314 e. The number of aromatic nitrogens is 2. The zero-order chi connectivity index (χ0) is 25.6. The molecular formula is C31H45FN2O2. The van der Waals surface area contributed by atoms with Crippen LogP contribution >= 0.6 is 0 Å². The first-order chi connectivity index (χ1) is 17.6. The van der Waals surface area contributed by atoms with Gasteiger partial charge in [-0.05, 0) is 68.2 Å². The molecule has 36 heavy (non-hydrogen) atoms. The average molecular weight is 497 g/mol. The van der Waals surface area contributed by atoms with E-state index in [9.17, 15) is 9.18 Å². The summed E-state index contributed by atoms with van der Waals surface area (Å²) in [5.41, 5.74) is 1.70. The lowest BCUT2D eigenvalue weighted by Gasteiger charge is -2.26. The molecule has 1 saturated carbocycles. The Morgan fingerprint density at radius 1 is 0.889 bits per heavy atom. The lowest BCUT2D eigenvalue weighted by Crippen LogP contribution is -2.26. The number of benzene rings is 1. The van der Waals surface area contributed by atoms with Gasteiger partial charge in [0.25, 0.3) is 0 Å². The van der Waals surface area contributed by atoms with Gasteiger partial charge in [0.15, 0.2) is 17.4 Å². The van der Waals surface area contributed by atoms with Crippen LogP contribution < -0.4 is 4.74 Å². The van der Waals surface area contributed by atoms with E-state index >= 15 is 0 Å². The van der Waals surface area contributed by atoms with Crippen molar-refractivity contribution in [3.8, 4) is 17.1 Å². The van der Waals surface area contributed by atoms with Gasteiger partial charge in [-0.15, -0.1) is 0 Å². The summed E-state index contributed by atoms with van der Waals surface area (Å²) in [6.45, 7) is 4.45. The minimum absolute atomic E-state index is 0.0126. The summed E-state index contributed by atoms with van der Waals surface area (Å²) in [5.74, 6) is 0.195. The number of ether oxygens (including phenoxy) is 1. The van der Waals surface area contributed by atoms with Gasteiger partial charge in [-0.1, -0.05) is 78.1 Å². The second-order valence-corrected chi connectivity index (χ2v) is 10.6. The van der Waals surface area contributed by atoms with E-state index in [1.54, 1.807) is 6.07 Å². The van der Waals surface area contributed by atoms with E-state index in [4.69, 9.17) is 4.74 Å². The molecule has 1 aromatic carbocycles.